The van der Waals surface area contributed by atoms with Crippen molar-refractivity contribution in [1.29, 1.82) is 0 Å². The maximum atomic E-state index is 10.7. The number of aliphatic carboxylic acids is 1. The Kier molecular flexibility index (Phi) is 14.2. The predicted octanol–water partition coefficient (Wildman–Crippen LogP) is -0.0576. The zero-order chi connectivity index (χ0) is 13.7. The zero-order valence-corrected chi connectivity index (χ0v) is 10.1. The third-order valence-corrected chi connectivity index (χ3v) is 1.83. The standard InChI is InChI=1S/C8H14O3.C3H8O3/c1-2-3-4-5-7(9)6-8(10)11;4-1-3(6)2-5/h2-6H2,1H3,(H,10,11);3-6H,1-2H2. The minimum atomic E-state index is -1.02. The van der Waals surface area contributed by atoms with E-state index in [-0.39, 0.29) is 25.4 Å². The minimum absolute atomic E-state index is 0.161. The van der Waals surface area contributed by atoms with Crippen LogP contribution in [0.4, 0.5) is 0 Å². The zero-order valence-electron chi connectivity index (χ0n) is 10.1. The van der Waals surface area contributed by atoms with Crippen molar-refractivity contribution in [2.75, 3.05) is 13.2 Å². The van der Waals surface area contributed by atoms with E-state index in [2.05, 4.69) is 0 Å². The first-order chi connectivity index (χ1) is 7.97. The largest absolute Gasteiger partial charge is 0.481 e. The lowest BCUT2D eigenvalue weighted by molar-refractivity contribution is -0.140. The van der Waals surface area contributed by atoms with E-state index in [1.165, 1.54) is 0 Å². The van der Waals surface area contributed by atoms with E-state index in [1.54, 1.807) is 0 Å². The number of carboxylic acid groups (broad SMARTS) is 1. The van der Waals surface area contributed by atoms with Gasteiger partial charge in [-0.05, 0) is 6.42 Å². The topological polar surface area (TPSA) is 115 Å². The first kappa shape index (κ1) is 18.4. The summed E-state index contributed by atoms with van der Waals surface area (Å²) in [5.74, 6) is -1.18. The number of rotatable bonds is 8. The molecule has 0 saturated heterocycles. The van der Waals surface area contributed by atoms with Gasteiger partial charge in [-0.2, -0.15) is 0 Å². The maximum Gasteiger partial charge on any atom is 0.310 e. The number of unbranched alkanes of at least 4 members (excludes halogenated alkanes) is 2. The van der Waals surface area contributed by atoms with Gasteiger partial charge in [0.15, 0.2) is 0 Å². The van der Waals surface area contributed by atoms with Crippen LogP contribution < -0.4 is 0 Å². The molecule has 0 aromatic rings. The summed E-state index contributed by atoms with van der Waals surface area (Å²) in [4.78, 5) is 20.8. The third-order valence-electron chi connectivity index (χ3n) is 1.83. The van der Waals surface area contributed by atoms with Crippen molar-refractivity contribution in [1.82, 2.24) is 0 Å². The fourth-order valence-corrected chi connectivity index (χ4v) is 0.887. The molecule has 0 bridgehead atoms. The van der Waals surface area contributed by atoms with Crippen LogP contribution >= 0.6 is 0 Å². The highest BCUT2D eigenvalue weighted by atomic mass is 16.4. The van der Waals surface area contributed by atoms with Crippen molar-refractivity contribution in [3.63, 3.8) is 0 Å². The van der Waals surface area contributed by atoms with Gasteiger partial charge in [0.25, 0.3) is 0 Å². The monoisotopic (exact) mass is 250 g/mol. The van der Waals surface area contributed by atoms with Gasteiger partial charge in [0.2, 0.25) is 0 Å². The van der Waals surface area contributed by atoms with E-state index in [9.17, 15) is 9.59 Å². The number of aliphatic hydroxyl groups is 3. The molecule has 0 aliphatic rings. The van der Waals surface area contributed by atoms with Crippen molar-refractivity contribution in [2.45, 2.75) is 45.1 Å². The minimum Gasteiger partial charge on any atom is -0.481 e. The van der Waals surface area contributed by atoms with Crippen LogP contribution in [0.15, 0.2) is 0 Å². The molecule has 0 aromatic heterocycles. The Hall–Kier alpha value is -0.980. The molecule has 0 aliphatic heterocycles. The van der Waals surface area contributed by atoms with Gasteiger partial charge >= 0.3 is 5.97 Å². The summed E-state index contributed by atoms with van der Waals surface area (Å²) in [6, 6.07) is 0. The molecule has 0 amide bonds. The highest BCUT2D eigenvalue weighted by molar-refractivity contribution is 5.94. The van der Waals surface area contributed by atoms with Crippen molar-refractivity contribution < 1.29 is 30.0 Å². The average molecular weight is 250 g/mol. The molecule has 17 heavy (non-hydrogen) atoms. The molecule has 0 unspecified atom stereocenters. The Bertz CT molecular complexity index is 200. The number of aliphatic hydroxyl groups excluding tert-OH is 3. The Balaban J connectivity index is 0. The number of carbonyl (C=O) groups is 2. The van der Waals surface area contributed by atoms with Gasteiger partial charge in [-0.1, -0.05) is 19.8 Å². The van der Waals surface area contributed by atoms with Crippen molar-refractivity contribution >= 4 is 11.8 Å². The first-order valence-electron chi connectivity index (χ1n) is 5.61. The molecule has 0 saturated carbocycles. The van der Waals surface area contributed by atoms with Crippen molar-refractivity contribution in [3.05, 3.63) is 0 Å². The van der Waals surface area contributed by atoms with Gasteiger partial charge in [-0.15, -0.1) is 0 Å². The van der Waals surface area contributed by atoms with Crippen LogP contribution in [0.2, 0.25) is 0 Å². The second-order valence-electron chi connectivity index (χ2n) is 3.59. The second kappa shape index (κ2) is 13.1. The molecule has 102 valence electrons. The van der Waals surface area contributed by atoms with E-state index < -0.39 is 12.1 Å². The molecule has 6 nitrogen and oxygen atoms in total. The lowest BCUT2D eigenvalue weighted by Gasteiger charge is -1.96. The summed E-state index contributed by atoms with van der Waals surface area (Å²) >= 11 is 0. The molecule has 0 atom stereocenters. The molecule has 0 radical (unpaired) electrons. The van der Waals surface area contributed by atoms with Crippen LogP contribution in [0.1, 0.15) is 39.0 Å². The molecule has 6 heteroatoms. The first-order valence-corrected chi connectivity index (χ1v) is 5.61. The van der Waals surface area contributed by atoms with Crippen LogP contribution in [0.5, 0.6) is 0 Å². The summed E-state index contributed by atoms with van der Waals surface area (Å²) in [5.41, 5.74) is 0. The fourth-order valence-electron chi connectivity index (χ4n) is 0.887. The second-order valence-corrected chi connectivity index (χ2v) is 3.59. The summed E-state index contributed by atoms with van der Waals surface area (Å²) in [6.45, 7) is 1.31. The van der Waals surface area contributed by atoms with Crippen molar-refractivity contribution in [3.8, 4) is 0 Å². The molecule has 0 heterocycles. The van der Waals surface area contributed by atoms with Gasteiger partial charge < -0.3 is 20.4 Å². The normalized spacial score (nSPS) is 9.71. The highest BCUT2D eigenvalue weighted by Gasteiger charge is 2.05. The molecule has 0 aromatic carbocycles. The van der Waals surface area contributed by atoms with E-state index in [0.29, 0.717) is 6.42 Å². The van der Waals surface area contributed by atoms with Gasteiger partial charge in [0.1, 0.15) is 18.3 Å². The quantitative estimate of drug-likeness (QED) is 0.354. The third kappa shape index (κ3) is 17.6. The van der Waals surface area contributed by atoms with E-state index in [4.69, 9.17) is 20.4 Å². The average Bonchev–Trinajstić information content (AvgIpc) is 2.28. The summed E-state index contributed by atoms with van der Waals surface area (Å²) in [7, 11) is 0. The lowest BCUT2D eigenvalue weighted by Crippen LogP contribution is -2.15. The molecule has 0 rings (SSSR count). The van der Waals surface area contributed by atoms with Gasteiger partial charge in [0.05, 0.1) is 13.2 Å². The van der Waals surface area contributed by atoms with E-state index in [1.807, 2.05) is 6.92 Å². The summed E-state index contributed by atoms with van der Waals surface area (Å²) in [6.07, 6.45) is 2.03. The lowest BCUT2D eigenvalue weighted by atomic mass is 10.1. The van der Waals surface area contributed by atoms with E-state index >= 15 is 0 Å². The maximum absolute atomic E-state index is 10.7. The Labute approximate surface area is 101 Å². The molecular formula is C11H22O6. The Morgan fingerprint density at radius 3 is 1.94 bits per heavy atom. The number of ketones is 1. The number of hydrogen-bond donors (Lipinski definition) is 4. The Morgan fingerprint density at radius 1 is 1.12 bits per heavy atom. The summed E-state index contributed by atoms with van der Waals surface area (Å²) in [5, 5.41) is 32.2. The molecular weight excluding hydrogens is 228 g/mol. The van der Waals surface area contributed by atoms with E-state index in [0.717, 1.165) is 19.3 Å². The SMILES string of the molecule is CCCCCC(=O)CC(=O)O.OCC(O)CO. The van der Waals surface area contributed by atoms with Gasteiger partial charge in [-0.3, -0.25) is 9.59 Å². The van der Waals surface area contributed by atoms with Crippen molar-refractivity contribution in [2.24, 2.45) is 0 Å². The predicted molar refractivity (Wildman–Crippen MR) is 61.6 cm³/mol. The smallest absolute Gasteiger partial charge is 0.310 e. The number of hydrogen-bond acceptors (Lipinski definition) is 5. The fraction of sp³-hybridized carbons (Fsp3) is 0.818. The summed E-state index contributed by atoms with van der Waals surface area (Å²) < 4.78 is 0. The number of carbonyl (C=O) groups excluding carboxylic acids is 1. The molecule has 0 fully saturated rings. The van der Waals surface area contributed by atoms with Gasteiger partial charge in [-0.25, -0.2) is 0 Å². The molecule has 0 spiro atoms. The molecule has 0 aliphatic carbocycles. The Morgan fingerprint density at radius 2 is 1.65 bits per heavy atom. The van der Waals surface area contributed by atoms with Crippen LogP contribution in [-0.2, 0) is 9.59 Å². The molecule has 4 N–H and O–H groups in total. The van der Waals surface area contributed by atoms with Crippen LogP contribution in [-0.4, -0.2) is 51.5 Å². The van der Waals surface area contributed by atoms with Gasteiger partial charge in [0, 0.05) is 6.42 Å². The number of carboxylic acids is 1. The highest BCUT2D eigenvalue weighted by Crippen LogP contribution is 2.01. The van der Waals surface area contributed by atoms with Crippen LogP contribution in [0.25, 0.3) is 0 Å². The van der Waals surface area contributed by atoms with Crippen LogP contribution in [0.3, 0.4) is 0 Å². The van der Waals surface area contributed by atoms with Crippen LogP contribution in [0, 0.1) is 0 Å². The number of Topliss-reactive ketones (excluding diaryl/α,β-unsaturated/α-hetero) is 1.